The summed E-state index contributed by atoms with van der Waals surface area (Å²) < 4.78 is 18.7. The summed E-state index contributed by atoms with van der Waals surface area (Å²) in [5, 5.41) is 18.0. The molecule has 3 aliphatic heterocycles. The quantitative estimate of drug-likeness (QED) is 0.0673. The number of halogens is 1. The Hall–Kier alpha value is -6.00. The van der Waals surface area contributed by atoms with Crippen LogP contribution in [0, 0.1) is 17.3 Å². The Bertz CT molecular complexity index is 2270. The van der Waals surface area contributed by atoms with E-state index in [1.54, 1.807) is 24.3 Å². The number of rotatable bonds is 16. The Morgan fingerprint density at radius 3 is 1.92 bits per heavy atom. The first-order valence-electron chi connectivity index (χ1n) is 26.9. The fourth-order valence-corrected chi connectivity index (χ4v) is 8.22. The number of nitrogens with two attached hydrogens (primary N) is 1. The van der Waals surface area contributed by atoms with Crippen LogP contribution in [0.15, 0.2) is 90.6 Å². The molecule has 4 aromatic rings. The molecule has 6 N–H and O–H groups in total. The van der Waals surface area contributed by atoms with E-state index in [-0.39, 0.29) is 11.9 Å². The van der Waals surface area contributed by atoms with E-state index in [1.165, 1.54) is 12.8 Å². The van der Waals surface area contributed by atoms with E-state index in [4.69, 9.17) is 15.6 Å². The lowest BCUT2D eigenvalue weighted by atomic mass is 9.88. The van der Waals surface area contributed by atoms with Gasteiger partial charge in [0.2, 0.25) is 12.8 Å². The Balaban J connectivity index is 0.000000512. The van der Waals surface area contributed by atoms with E-state index in [2.05, 4.69) is 55.5 Å². The Labute approximate surface area is 455 Å². The number of likely N-dealkylation sites (tertiary alicyclic amines) is 3. The third kappa shape index (κ3) is 23.9. The maximum absolute atomic E-state index is 12.7. The topological polar surface area (TPSA) is 187 Å². The van der Waals surface area contributed by atoms with Crippen LogP contribution in [0.2, 0.25) is 0 Å². The van der Waals surface area contributed by atoms with Crippen LogP contribution in [-0.4, -0.2) is 130 Å². The van der Waals surface area contributed by atoms with Crippen LogP contribution < -0.4 is 26.4 Å². The van der Waals surface area contributed by atoms with Crippen molar-refractivity contribution < 1.29 is 38.2 Å². The summed E-state index contributed by atoms with van der Waals surface area (Å²) >= 11 is 0. The number of hydrogen-bond donors (Lipinski definition) is 5. The first-order valence-corrected chi connectivity index (χ1v) is 26.9. The van der Waals surface area contributed by atoms with Gasteiger partial charge in [-0.3, -0.25) is 19.3 Å². The van der Waals surface area contributed by atoms with Gasteiger partial charge in [-0.25, -0.2) is 4.39 Å². The number of aliphatic hydroxyl groups excluding tert-OH is 1. The van der Waals surface area contributed by atoms with Crippen molar-refractivity contribution in [3.05, 3.63) is 113 Å². The number of nitrogens with zero attached hydrogens (tertiary/aromatic N) is 3. The molecule has 3 amide bonds. The molecule has 422 valence electrons. The van der Waals surface area contributed by atoms with Crippen molar-refractivity contribution >= 4 is 47.6 Å². The second-order valence-electron chi connectivity index (χ2n) is 20.2. The van der Waals surface area contributed by atoms with E-state index < -0.39 is 6.67 Å². The standard InChI is InChI=1S/C23H23FN2O2.C13H18N2O.C9H15NO2.C7H17N.C6H11NO.C2H6.CH4O/c1-25-13-17-14-26(15-17)23(27)19-7-10-21-18(11-19)3-2-4-22(21)28-20-8-5-16(12-24)6-9-20;1-9(10(2)14)12-4-6-13(7-5-12)11(3)15-8-16;11-7-3-9-1-4-10(5-2-9)6-8-12;1-6(8-5)7(2,3)4;1-6-3-2-4-7(6)5-8;2*1-2/h2-11,17,25H,12-15H2,1H3;4-8,11H,14H2,1-3H3,(H,15,16);7-9H,1-6H2;6,8H,1-5H3;5-6H,2-4H2,1H3;1-2H3;2H,1H3/b;10-9+;;;;;/t;11-;;2*6-;;/m.0.11../s1. The third-order valence-corrected chi connectivity index (χ3v) is 13.8. The van der Waals surface area contributed by atoms with Gasteiger partial charge in [0, 0.05) is 74.4 Å². The minimum atomic E-state index is -0.488. The third-order valence-electron chi connectivity index (χ3n) is 13.8. The Morgan fingerprint density at radius 1 is 0.842 bits per heavy atom. The van der Waals surface area contributed by atoms with Gasteiger partial charge in [0.1, 0.15) is 30.7 Å². The number of aldehydes is 2. The Kier molecular flexibility index (Phi) is 33.7. The fraction of sp³-hybridized carbons (Fsp3) is 0.525. The maximum Gasteiger partial charge on any atom is 0.253 e. The summed E-state index contributed by atoms with van der Waals surface area (Å²) in [6, 6.07) is 27.6. The number of benzene rings is 4. The predicted octanol–water partition coefficient (Wildman–Crippen LogP) is 9.98. The summed E-state index contributed by atoms with van der Waals surface area (Å²) in [5.74, 6) is 2.54. The largest absolute Gasteiger partial charge is 0.457 e. The molecule has 0 saturated carbocycles. The van der Waals surface area contributed by atoms with E-state index >= 15 is 0 Å². The summed E-state index contributed by atoms with van der Waals surface area (Å²) in [7, 11) is 4.93. The number of fused-ring (bicyclic) bond motifs is 1. The maximum atomic E-state index is 12.7. The van der Waals surface area contributed by atoms with Gasteiger partial charge in [-0.1, -0.05) is 83.1 Å². The number of hydrogen-bond acceptors (Lipinski definition) is 11. The van der Waals surface area contributed by atoms with Crippen LogP contribution in [0.4, 0.5) is 4.39 Å². The van der Waals surface area contributed by atoms with Crippen LogP contribution in [-0.2, 0) is 25.9 Å². The zero-order valence-corrected chi connectivity index (χ0v) is 48.2. The summed E-state index contributed by atoms with van der Waals surface area (Å²) in [4.78, 5) is 59.4. The predicted molar refractivity (Wildman–Crippen MR) is 310 cm³/mol. The van der Waals surface area contributed by atoms with Gasteiger partial charge < -0.3 is 50.9 Å². The minimum absolute atomic E-state index is 0.0369. The molecule has 0 radical (unpaired) electrons. The van der Waals surface area contributed by atoms with Crippen LogP contribution >= 0.6 is 0 Å². The number of piperidine rings is 1. The molecule has 76 heavy (non-hydrogen) atoms. The highest BCUT2D eigenvalue weighted by Crippen LogP contribution is 2.32. The SMILES string of the molecule is C/C(N)=C(/C)c1ccc([C@H](C)NC=O)cc1.CC.CNCC1CN(C(=O)c2ccc3c(Oc4ccc(CF)cc4)cccc3c2)C1.CN[C@H](C)C(C)(C)C.CO.C[C@@H]1CCCN1C=O.O=CCC1CCN(CC=O)CC1. The molecule has 15 heteroatoms. The van der Waals surface area contributed by atoms with Crippen LogP contribution in [0.3, 0.4) is 0 Å². The van der Waals surface area contributed by atoms with Crippen molar-refractivity contribution in [3.63, 3.8) is 0 Å². The highest BCUT2D eigenvalue weighted by molar-refractivity contribution is 6.00. The fourth-order valence-electron chi connectivity index (χ4n) is 8.22. The number of amides is 3. The first kappa shape index (κ1) is 68.0. The monoisotopic (exact) mass is 1060 g/mol. The zero-order chi connectivity index (χ0) is 57.2. The Morgan fingerprint density at radius 2 is 1.46 bits per heavy atom. The molecule has 4 aromatic carbocycles. The number of aliphatic hydroxyl groups is 1. The molecular formula is C61H94FN7O7. The molecule has 3 atom stereocenters. The van der Waals surface area contributed by atoms with Gasteiger partial charge in [0.15, 0.2) is 0 Å². The summed E-state index contributed by atoms with van der Waals surface area (Å²) in [5.41, 5.74) is 11.6. The number of nitrogens with one attached hydrogen (secondary N) is 3. The lowest BCUT2D eigenvalue weighted by Gasteiger charge is -2.39. The highest BCUT2D eigenvalue weighted by atomic mass is 19.1. The molecule has 0 unspecified atom stereocenters. The molecule has 0 aromatic heterocycles. The molecule has 3 heterocycles. The molecule has 7 rings (SSSR count). The molecule has 0 spiro atoms. The average Bonchev–Trinajstić information content (AvgIpc) is 3.85. The second-order valence-corrected chi connectivity index (χ2v) is 20.2. The van der Waals surface area contributed by atoms with Crippen LogP contribution in [0.25, 0.3) is 16.3 Å². The number of allylic oxidation sites excluding steroid dienone is 2. The van der Waals surface area contributed by atoms with E-state index in [9.17, 15) is 28.4 Å². The van der Waals surface area contributed by atoms with Gasteiger partial charge in [-0.05, 0) is 163 Å². The number of carbonyl (C=O) groups is 5. The second kappa shape index (κ2) is 37.7. The van der Waals surface area contributed by atoms with Gasteiger partial charge in [-0.2, -0.15) is 0 Å². The number of carbonyl (C=O) groups excluding carboxylic acids is 5. The van der Waals surface area contributed by atoms with E-state index in [1.807, 2.05) is 119 Å². The van der Waals surface area contributed by atoms with Gasteiger partial charge >= 0.3 is 0 Å². The smallest absolute Gasteiger partial charge is 0.253 e. The van der Waals surface area contributed by atoms with Crippen molar-refractivity contribution in [1.82, 2.24) is 30.7 Å². The summed E-state index contributed by atoms with van der Waals surface area (Å²) in [6.45, 7) is 26.3. The highest BCUT2D eigenvalue weighted by Gasteiger charge is 2.30. The van der Waals surface area contributed by atoms with Crippen LogP contribution in [0.1, 0.15) is 134 Å². The van der Waals surface area contributed by atoms with Crippen molar-refractivity contribution in [3.8, 4) is 11.5 Å². The van der Waals surface area contributed by atoms with Gasteiger partial charge in [0.25, 0.3) is 5.91 Å². The minimum Gasteiger partial charge on any atom is -0.457 e. The summed E-state index contributed by atoms with van der Waals surface area (Å²) in [6.07, 6.45) is 8.78. The van der Waals surface area contributed by atoms with Crippen LogP contribution in [0.5, 0.6) is 11.5 Å². The average molecular weight is 1060 g/mol. The molecule has 3 aliphatic rings. The molecular weight excluding hydrogens is 962 g/mol. The molecule has 3 saturated heterocycles. The zero-order valence-electron chi connectivity index (χ0n) is 48.2. The van der Waals surface area contributed by atoms with Crippen molar-refractivity contribution in [2.75, 3.05) is 67.0 Å². The molecule has 0 aliphatic carbocycles. The number of ether oxygens (including phenoxy) is 1. The van der Waals surface area contributed by atoms with Crippen molar-refractivity contribution in [2.45, 2.75) is 126 Å². The molecule has 14 nitrogen and oxygen atoms in total. The molecule has 0 bridgehead atoms. The van der Waals surface area contributed by atoms with E-state index in [0.717, 1.165) is 111 Å². The lowest BCUT2D eigenvalue weighted by molar-refractivity contribution is -0.118. The normalized spacial score (nSPS) is 16.3. The first-order chi connectivity index (χ1) is 36.4. The lowest BCUT2D eigenvalue weighted by Crippen LogP contribution is -2.52. The van der Waals surface area contributed by atoms with Crippen molar-refractivity contribution in [2.24, 2.45) is 23.0 Å². The van der Waals surface area contributed by atoms with Gasteiger partial charge in [0.05, 0.1) is 12.6 Å². The van der Waals surface area contributed by atoms with Gasteiger partial charge in [-0.15, -0.1) is 0 Å². The van der Waals surface area contributed by atoms with Crippen molar-refractivity contribution in [1.29, 1.82) is 0 Å². The number of alkyl halides is 1. The molecule has 3 fully saturated rings. The van der Waals surface area contributed by atoms with E-state index in [0.29, 0.717) is 71.3 Å².